The molecule has 1 aliphatic heterocycles. The minimum Gasteiger partial charge on any atom is -0.469 e. The highest BCUT2D eigenvalue weighted by molar-refractivity contribution is 6.74. The molecule has 0 spiro atoms. The van der Waals surface area contributed by atoms with Crippen LogP contribution in [-0.2, 0) is 28.3 Å². The molecule has 1 heterocycles. The molecule has 0 radical (unpaired) electrons. The second kappa shape index (κ2) is 8.22. The first-order valence-corrected chi connectivity index (χ1v) is 12.3. The third-order valence-corrected chi connectivity index (χ3v) is 10.4. The van der Waals surface area contributed by atoms with Gasteiger partial charge in [-0.1, -0.05) is 27.7 Å². The Kier molecular flexibility index (Phi) is 7.15. The summed E-state index contributed by atoms with van der Waals surface area (Å²) in [6.45, 7) is 15.4. The van der Waals surface area contributed by atoms with E-state index >= 15 is 0 Å². The van der Waals surface area contributed by atoms with Crippen LogP contribution in [0, 0.1) is 11.8 Å². The number of likely N-dealkylation sites (tertiary alicyclic amines) is 1. The van der Waals surface area contributed by atoms with Crippen LogP contribution in [0.4, 0.5) is 0 Å². The van der Waals surface area contributed by atoms with Crippen LogP contribution in [0.15, 0.2) is 0 Å². The Labute approximate surface area is 162 Å². The highest BCUT2D eigenvalue weighted by Gasteiger charge is 2.58. The Balaban J connectivity index is 3.17. The fourth-order valence-electron chi connectivity index (χ4n) is 3.11. The van der Waals surface area contributed by atoms with E-state index in [0.29, 0.717) is 0 Å². The van der Waals surface area contributed by atoms with E-state index in [1.165, 1.54) is 7.11 Å². The molecule has 0 aliphatic carbocycles. The van der Waals surface area contributed by atoms with Crippen molar-refractivity contribution < 1.29 is 28.3 Å². The Bertz CT molecular complexity index is 624. The molecule has 0 aromatic carbocycles. The number of β-lactam (4-membered cyclic amide) rings is 1. The summed E-state index contributed by atoms with van der Waals surface area (Å²) in [5, 5.41) is -0.0504. The van der Waals surface area contributed by atoms with Gasteiger partial charge >= 0.3 is 5.97 Å². The first-order chi connectivity index (χ1) is 12.2. The van der Waals surface area contributed by atoms with Crippen molar-refractivity contribution in [3.05, 3.63) is 0 Å². The molecule has 1 aliphatic rings. The lowest BCUT2D eigenvalue weighted by atomic mass is 9.76. The summed E-state index contributed by atoms with van der Waals surface area (Å²) >= 11 is 0. The topological polar surface area (TPSA) is 90.0 Å². The minimum absolute atomic E-state index is 0.00261. The second-order valence-corrected chi connectivity index (χ2v) is 13.5. The molecule has 4 atom stereocenters. The number of imide groups is 1. The molecule has 27 heavy (non-hydrogen) atoms. The van der Waals surface area contributed by atoms with Gasteiger partial charge in [-0.05, 0) is 32.0 Å². The van der Waals surface area contributed by atoms with Crippen LogP contribution < -0.4 is 0 Å². The van der Waals surface area contributed by atoms with E-state index in [4.69, 9.17) is 9.16 Å². The number of rotatable bonds is 7. The van der Waals surface area contributed by atoms with Gasteiger partial charge in [-0.3, -0.25) is 24.1 Å². The Hall–Kier alpha value is -1.54. The summed E-state index contributed by atoms with van der Waals surface area (Å²) in [5.74, 6) is -3.91. The summed E-state index contributed by atoms with van der Waals surface area (Å²) in [6.07, 6.45) is -0.473. The van der Waals surface area contributed by atoms with Gasteiger partial charge in [0.25, 0.3) is 5.91 Å². The smallest absolute Gasteiger partial charge is 0.310 e. The van der Waals surface area contributed by atoms with Crippen LogP contribution in [-0.4, -0.2) is 56.0 Å². The van der Waals surface area contributed by atoms with Crippen LogP contribution in [0.25, 0.3) is 0 Å². The number of esters is 1. The largest absolute Gasteiger partial charge is 0.469 e. The maximum absolute atomic E-state index is 12.8. The van der Waals surface area contributed by atoms with Crippen molar-refractivity contribution in [1.29, 1.82) is 0 Å². The molecule has 0 N–H and O–H groups in total. The number of nitrogens with zero attached hydrogens (tertiary/aromatic N) is 1. The zero-order valence-corrected chi connectivity index (χ0v) is 18.9. The van der Waals surface area contributed by atoms with Crippen molar-refractivity contribution in [2.45, 2.75) is 78.2 Å². The zero-order chi connectivity index (χ0) is 21.3. The molecule has 2 amide bonds. The highest BCUT2D eigenvalue weighted by Crippen LogP contribution is 2.42. The Morgan fingerprint density at radius 3 is 2.11 bits per heavy atom. The number of amides is 2. The van der Waals surface area contributed by atoms with Crippen LogP contribution >= 0.6 is 0 Å². The van der Waals surface area contributed by atoms with Crippen molar-refractivity contribution >= 4 is 31.9 Å². The third kappa shape index (κ3) is 4.48. The van der Waals surface area contributed by atoms with Gasteiger partial charge in [-0.15, -0.1) is 0 Å². The molecule has 0 aromatic heterocycles. The summed E-state index contributed by atoms with van der Waals surface area (Å²) in [7, 11) is -0.902. The van der Waals surface area contributed by atoms with Gasteiger partial charge in [0, 0.05) is 6.42 Å². The molecule has 0 unspecified atom stereocenters. The summed E-state index contributed by atoms with van der Waals surface area (Å²) in [4.78, 5) is 50.0. The first kappa shape index (κ1) is 23.5. The standard InChI is InChI=1S/C19H33NO6Si/c1-10-13(21)16(22)20-15(11(2)18(24)25-7)14(17(20)23)12(3)26-27(8,9)19(4,5)6/h11-12,14-15H,10H2,1-9H3/t11-,12-,14-,15-/m1/s1. The van der Waals surface area contributed by atoms with E-state index < -0.39 is 55.9 Å². The van der Waals surface area contributed by atoms with E-state index in [1.54, 1.807) is 20.8 Å². The van der Waals surface area contributed by atoms with Crippen LogP contribution in [0.5, 0.6) is 0 Å². The highest BCUT2D eigenvalue weighted by atomic mass is 28.4. The molecule has 0 aromatic rings. The fourth-order valence-corrected chi connectivity index (χ4v) is 4.54. The van der Waals surface area contributed by atoms with Crippen molar-refractivity contribution in [1.82, 2.24) is 4.90 Å². The van der Waals surface area contributed by atoms with Crippen molar-refractivity contribution in [3.8, 4) is 0 Å². The predicted octanol–water partition coefficient (Wildman–Crippen LogP) is 2.54. The van der Waals surface area contributed by atoms with E-state index in [1.807, 2.05) is 0 Å². The monoisotopic (exact) mass is 399 g/mol. The van der Waals surface area contributed by atoms with Crippen LogP contribution in [0.1, 0.15) is 48.0 Å². The van der Waals surface area contributed by atoms with Gasteiger partial charge in [0.2, 0.25) is 11.7 Å². The Morgan fingerprint density at radius 1 is 1.19 bits per heavy atom. The molecule has 1 fully saturated rings. The van der Waals surface area contributed by atoms with Gasteiger partial charge in [0.1, 0.15) is 0 Å². The van der Waals surface area contributed by atoms with E-state index in [2.05, 4.69) is 33.9 Å². The Morgan fingerprint density at radius 2 is 1.70 bits per heavy atom. The van der Waals surface area contributed by atoms with Gasteiger partial charge < -0.3 is 9.16 Å². The molecule has 1 saturated heterocycles. The number of hydrogen-bond donors (Lipinski definition) is 0. The fraction of sp³-hybridized carbons (Fsp3) is 0.789. The second-order valence-electron chi connectivity index (χ2n) is 8.70. The van der Waals surface area contributed by atoms with Gasteiger partial charge in [-0.2, -0.15) is 0 Å². The quantitative estimate of drug-likeness (QED) is 0.283. The lowest BCUT2D eigenvalue weighted by molar-refractivity contribution is -0.180. The van der Waals surface area contributed by atoms with Gasteiger partial charge in [0.05, 0.1) is 31.1 Å². The lowest BCUT2D eigenvalue weighted by Gasteiger charge is -2.51. The van der Waals surface area contributed by atoms with Crippen LogP contribution in [0.2, 0.25) is 18.1 Å². The van der Waals surface area contributed by atoms with E-state index in [0.717, 1.165) is 4.90 Å². The average molecular weight is 400 g/mol. The third-order valence-electron chi connectivity index (χ3n) is 5.84. The number of carbonyl (C=O) groups excluding carboxylic acids is 4. The predicted molar refractivity (Wildman–Crippen MR) is 103 cm³/mol. The van der Waals surface area contributed by atoms with E-state index in [9.17, 15) is 19.2 Å². The number of methoxy groups -OCH3 is 1. The van der Waals surface area contributed by atoms with Gasteiger partial charge in [0.15, 0.2) is 8.32 Å². The molecule has 8 heteroatoms. The van der Waals surface area contributed by atoms with Gasteiger partial charge in [-0.25, -0.2) is 0 Å². The van der Waals surface area contributed by atoms with Crippen molar-refractivity contribution in [2.24, 2.45) is 11.8 Å². The van der Waals surface area contributed by atoms with Crippen molar-refractivity contribution in [2.75, 3.05) is 7.11 Å². The SMILES string of the molecule is CCC(=O)C(=O)N1C(=O)[C@H]([C@@H](C)O[Si](C)(C)C(C)(C)C)[C@H]1[C@@H](C)C(=O)OC. The maximum atomic E-state index is 12.8. The number of ether oxygens (including phenoxy) is 1. The molecule has 7 nitrogen and oxygen atoms in total. The molecule has 1 rings (SSSR count). The summed E-state index contributed by atoms with van der Waals surface area (Å²) in [5.41, 5.74) is 0. The first-order valence-electron chi connectivity index (χ1n) is 9.37. The lowest BCUT2D eigenvalue weighted by Crippen LogP contribution is -2.71. The van der Waals surface area contributed by atoms with E-state index in [-0.39, 0.29) is 11.5 Å². The average Bonchev–Trinajstić information content (AvgIpc) is 2.55. The van der Waals surface area contributed by atoms with Crippen LogP contribution in [0.3, 0.4) is 0 Å². The number of carbonyl (C=O) groups is 4. The molecule has 0 bridgehead atoms. The zero-order valence-electron chi connectivity index (χ0n) is 17.9. The van der Waals surface area contributed by atoms with Crippen molar-refractivity contribution in [3.63, 3.8) is 0 Å². The number of hydrogen-bond acceptors (Lipinski definition) is 6. The summed E-state index contributed by atoms with van der Waals surface area (Å²) < 4.78 is 11.1. The molecular weight excluding hydrogens is 366 g/mol. The number of Topliss-reactive ketones (excluding diaryl/α,β-unsaturated/α-hetero) is 1. The molecule has 154 valence electrons. The maximum Gasteiger partial charge on any atom is 0.310 e. The normalized spacial score (nSPS) is 22.7. The molecular formula is C19H33NO6Si. The summed E-state index contributed by atoms with van der Waals surface area (Å²) in [6, 6.07) is -0.743. The molecule has 0 saturated carbocycles. The number of ketones is 1. The minimum atomic E-state index is -2.16.